The molecule has 7 nitrogen and oxygen atoms in total. The first-order valence-corrected chi connectivity index (χ1v) is 7.86. The summed E-state index contributed by atoms with van der Waals surface area (Å²) in [6, 6.07) is 4.12. The Balaban J connectivity index is 2.41. The molecule has 0 saturated carbocycles. The quantitative estimate of drug-likeness (QED) is 0.666. The summed E-state index contributed by atoms with van der Waals surface area (Å²) in [6.45, 7) is 1.87. The van der Waals surface area contributed by atoms with Crippen LogP contribution in [-0.2, 0) is 25.5 Å². The molecule has 1 rings (SSSR count). The molecule has 0 aliphatic rings. The summed E-state index contributed by atoms with van der Waals surface area (Å²) in [5.74, 6) is -1.95. The number of methoxy groups -OCH3 is 1. The maximum absolute atomic E-state index is 13.6. The first-order chi connectivity index (χ1) is 11.9. The third-order valence-corrected chi connectivity index (χ3v) is 3.30. The number of ether oxygens (including phenoxy) is 2. The highest BCUT2D eigenvalue weighted by molar-refractivity contribution is 5.86. The van der Waals surface area contributed by atoms with Crippen molar-refractivity contribution in [2.24, 2.45) is 0 Å². The molecule has 25 heavy (non-hydrogen) atoms. The van der Waals surface area contributed by atoms with Crippen LogP contribution in [0, 0.1) is 5.82 Å². The zero-order valence-electron chi connectivity index (χ0n) is 14.6. The van der Waals surface area contributed by atoms with Gasteiger partial charge >= 0.3 is 5.97 Å². The van der Waals surface area contributed by atoms with Crippen LogP contribution in [0.1, 0.15) is 18.9 Å². The number of hydrogen-bond donors (Lipinski definition) is 1. The van der Waals surface area contributed by atoms with Gasteiger partial charge in [0.05, 0.1) is 20.1 Å². The van der Waals surface area contributed by atoms with Gasteiger partial charge in [0.2, 0.25) is 5.91 Å². The highest BCUT2D eigenvalue weighted by Gasteiger charge is 2.15. The van der Waals surface area contributed by atoms with Gasteiger partial charge in [0, 0.05) is 13.6 Å². The Morgan fingerprint density at radius 3 is 2.60 bits per heavy atom. The number of nitrogens with one attached hydrogen (secondary N) is 1. The van der Waals surface area contributed by atoms with E-state index < -0.39 is 24.3 Å². The zero-order valence-corrected chi connectivity index (χ0v) is 14.6. The summed E-state index contributed by atoms with van der Waals surface area (Å²) in [6.07, 6.45) is 0.627. The normalized spacial score (nSPS) is 10.1. The van der Waals surface area contributed by atoms with E-state index in [9.17, 15) is 18.8 Å². The van der Waals surface area contributed by atoms with Crippen LogP contribution in [-0.4, -0.2) is 56.5 Å². The average Bonchev–Trinajstić information content (AvgIpc) is 2.57. The smallest absolute Gasteiger partial charge is 0.310 e. The number of rotatable bonds is 9. The van der Waals surface area contributed by atoms with E-state index in [0.717, 1.165) is 6.42 Å². The fourth-order valence-corrected chi connectivity index (χ4v) is 1.91. The van der Waals surface area contributed by atoms with Crippen LogP contribution in [0.2, 0.25) is 0 Å². The molecule has 0 radical (unpaired) electrons. The van der Waals surface area contributed by atoms with Crippen molar-refractivity contribution in [2.45, 2.75) is 19.8 Å². The van der Waals surface area contributed by atoms with Crippen molar-refractivity contribution in [3.8, 4) is 5.75 Å². The van der Waals surface area contributed by atoms with Crippen molar-refractivity contribution < 1.29 is 28.2 Å². The molecule has 0 aromatic heterocycles. The lowest BCUT2D eigenvalue weighted by molar-refractivity contribution is -0.151. The zero-order chi connectivity index (χ0) is 18.8. The molecule has 0 bridgehead atoms. The minimum atomic E-state index is -0.665. The highest BCUT2D eigenvalue weighted by Crippen LogP contribution is 2.18. The summed E-state index contributed by atoms with van der Waals surface area (Å²) in [7, 11) is 2.79. The lowest BCUT2D eigenvalue weighted by Crippen LogP contribution is -2.40. The van der Waals surface area contributed by atoms with Crippen molar-refractivity contribution in [1.29, 1.82) is 0 Å². The van der Waals surface area contributed by atoms with Gasteiger partial charge in [-0.05, 0) is 24.1 Å². The molecule has 8 heteroatoms. The fraction of sp³-hybridized carbons (Fsp3) is 0.471. The lowest BCUT2D eigenvalue weighted by Gasteiger charge is -2.16. The summed E-state index contributed by atoms with van der Waals surface area (Å²) in [4.78, 5) is 36.3. The van der Waals surface area contributed by atoms with Crippen LogP contribution in [0.25, 0.3) is 0 Å². The Kier molecular flexibility index (Phi) is 8.38. The molecule has 0 atom stereocenters. The molecule has 138 valence electrons. The number of hydrogen-bond acceptors (Lipinski definition) is 5. The Bertz CT molecular complexity index is 621. The summed E-state index contributed by atoms with van der Waals surface area (Å²) < 4.78 is 23.2. The third kappa shape index (κ3) is 7.19. The van der Waals surface area contributed by atoms with Crippen molar-refractivity contribution in [3.63, 3.8) is 0 Å². The highest BCUT2D eigenvalue weighted by atomic mass is 19.1. The van der Waals surface area contributed by atoms with Gasteiger partial charge in [-0.3, -0.25) is 14.4 Å². The molecule has 0 aliphatic heterocycles. The average molecular weight is 354 g/mol. The fourth-order valence-electron chi connectivity index (χ4n) is 1.91. The summed E-state index contributed by atoms with van der Waals surface area (Å²) in [5.41, 5.74) is 0.406. The van der Waals surface area contributed by atoms with Gasteiger partial charge < -0.3 is 19.7 Å². The number of carbonyl (C=O) groups excluding carboxylic acids is 3. The number of nitrogens with zero attached hydrogens (tertiary/aromatic N) is 1. The van der Waals surface area contributed by atoms with Crippen LogP contribution in [0.3, 0.4) is 0 Å². The molecule has 1 N–H and O–H groups in total. The Morgan fingerprint density at radius 1 is 1.28 bits per heavy atom. The molecule has 0 aliphatic carbocycles. The molecule has 0 fully saturated rings. The van der Waals surface area contributed by atoms with Gasteiger partial charge in [-0.2, -0.15) is 0 Å². The van der Waals surface area contributed by atoms with Crippen LogP contribution in [0.5, 0.6) is 5.75 Å². The lowest BCUT2D eigenvalue weighted by atomic mass is 10.1. The number of carbonyl (C=O) groups is 3. The predicted octanol–water partition coefficient (Wildman–Crippen LogP) is 0.905. The molecule has 0 heterocycles. The number of esters is 1. The molecule has 1 aromatic carbocycles. The van der Waals surface area contributed by atoms with Crippen LogP contribution < -0.4 is 10.1 Å². The van der Waals surface area contributed by atoms with Gasteiger partial charge in [0.1, 0.15) is 0 Å². The second kappa shape index (κ2) is 10.3. The van der Waals surface area contributed by atoms with E-state index in [1.807, 2.05) is 6.92 Å². The van der Waals surface area contributed by atoms with Gasteiger partial charge in [0.25, 0.3) is 5.91 Å². The molecule has 0 unspecified atom stereocenters. The van der Waals surface area contributed by atoms with Crippen molar-refractivity contribution in [1.82, 2.24) is 10.2 Å². The minimum absolute atomic E-state index is 0.0790. The van der Waals surface area contributed by atoms with Crippen molar-refractivity contribution in [3.05, 3.63) is 29.6 Å². The van der Waals surface area contributed by atoms with Crippen LogP contribution in [0.4, 0.5) is 4.39 Å². The monoisotopic (exact) mass is 354 g/mol. The molecular formula is C17H23FN2O5. The van der Waals surface area contributed by atoms with E-state index in [0.29, 0.717) is 12.1 Å². The van der Waals surface area contributed by atoms with Crippen molar-refractivity contribution in [2.75, 3.05) is 33.9 Å². The Hall–Kier alpha value is -2.64. The van der Waals surface area contributed by atoms with Gasteiger partial charge in [-0.1, -0.05) is 13.0 Å². The molecule has 1 aromatic rings. The van der Waals surface area contributed by atoms with E-state index >= 15 is 0 Å². The summed E-state index contributed by atoms with van der Waals surface area (Å²) in [5, 5.41) is 2.64. The third-order valence-electron chi connectivity index (χ3n) is 3.30. The Labute approximate surface area is 146 Å². The minimum Gasteiger partial charge on any atom is -0.494 e. The van der Waals surface area contributed by atoms with E-state index in [1.165, 1.54) is 37.3 Å². The second-order valence-electron chi connectivity index (χ2n) is 5.41. The largest absolute Gasteiger partial charge is 0.494 e. The van der Waals surface area contributed by atoms with Crippen LogP contribution >= 0.6 is 0 Å². The summed E-state index contributed by atoms with van der Waals surface area (Å²) >= 11 is 0. The number of amides is 2. The molecule has 0 saturated heterocycles. The number of halogens is 1. The Morgan fingerprint density at radius 2 is 2.00 bits per heavy atom. The second-order valence-corrected chi connectivity index (χ2v) is 5.41. The maximum atomic E-state index is 13.6. The van der Waals surface area contributed by atoms with Gasteiger partial charge in [0.15, 0.2) is 18.2 Å². The van der Waals surface area contributed by atoms with E-state index in [1.54, 1.807) is 0 Å². The standard InChI is InChI=1S/C17H23FN2O5/c1-4-7-19-15(21)10-20(2)16(22)11-25-17(23)9-12-5-6-14(24-3)13(18)8-12/h5-6,8H,4,7,9-11H2,1-3H3,(H,19,21). The molecule has 0 spiro atoms. The van der Waals surface area contributed by atoms with Gasteiger partial charge in [-0.15, -0.1) is 0 Å². The number of likely N-dealkylation sites (N-methyl/N-ethyl adjacent to an activating group) is 1. The predicted molar refractivity (Wildman–Crippen MR) is 88.6 cm³/mol. The van der Waals surface area contributed by atoms with E-state index in [-0.39, 0.29) is 24.6 Å². The number of benzene rings is 1. The first kappa shape index (κ1) is 20.4. The van der Waals surface area contributed by atoms with E-state index in [2.05, 4.69) is 5.32 Å². The van der Waals surface area contributed by atoms with Crippen LogP contribution in [0.15, 0.2) is 18.2 Å². The first-order valence-electron chi connectivity index (χ1n) is 7.86. The van der Waals surface area contributed by atoms with E-state index in [4.69, 9.17) is 9.47 Å². The van der Waals surface area contributed by atoms with Crippen molar-refractivity contribution >= 4 is 17.8 Å². The van der Waals surface area contributed by atoms with Gasteiger partial charge in [-0.25, -0.2) is 4.39 Å². The topological polar surface area (TPSA) is 84.9 Å². The molecule has 2 amide bonds. The SMILES string of the molecule is CCCNC(=O)CN(C)C(=O)COC(=O)Cc1ccc(OC)c(F)c1. The molecular weight excluding hydrogens is 331 g/mol. The maximum Gasteiger partial charge on any atom is 0.310 e.